The monoisotopic (exact) mass is 301 g/mol. The Hall–Kier alpha value is -2.14. The lowest BCUT2D eigenvalue weighted by molar-refractivity contribution is 0.102. The number of nitrogens with two attached hydrogens (primary N) is 1. The van der Waals surface area contributed by atoms with Gasteiger partial charge in [-0.1, -0.05) is 0 Å². The van der Waals surface area contributed by atoms with Gasteiger partial charge < -0.3 is 16.0 Å². The van der Waals surface area contributed by atoms with E-state index in [0.717, 1.165) is 16.3 Å². The Balaban J connectivity index is 2.25. The molecule has 0 aliphatic carbocycles. The van der Waals surface area contributed by atoms with E-state index in [1.165, 1.54) is 0 Å². The number of hydrogen-bond acceptors (Lipinski definition) is 4. The standard InChI is InChI=1S/C16H19N3OS/c1-19(2)15-9-4-11(17)10-14(15)16(20)18-12-5-7-13(21-3)8-6-12/h4-10H,17H2,1-3H3,(H,18,20). The van der Waals surface area contributed by atoms with Crippen LogP contribution in [-0.2, 0) is 0 Å². The van der Waals surface area contributed by atoms with Crippen LogP contribution < -0.4 is 16.0 Å². The minimum atomic E-state index is -0.164. The predicted molar refractivity (Wildman–Crippen MR) is 91.4 cm³/mol. The minimum absolute atomic E-state index is 0.164. The SMILES string of the molecule is CSc1ccc(NC(=O)c2cc(N)ccc2N(C)C)cc1. The van der Waals surface area contributed by atoms with Crippen LogP contribution in [0.25, 0.3) is 0 Å². The highest BCUT2D eigenvalue weighted by Crippen LogP contribution is 2.23. The quantitative estimate of drug-likeness (QED) is 0.672. The summed E-state index contributed by atoms with van der Waals surface area (Å²) >= 11 is 1.67. The maximum Gasteiger partial charge on any atom is 0.257 e. The first kappa shape index (κ1) is 15.3. The van der Waals surface area contributed by atoms with Gasteiger partial charge in [0.25, 0.3) is 5.91 Å². The first-order chi connectivity index (χ1) is 10.0. The van der Waals surface area contributed by atoms with Gasteiger partial charge in [0, 0.05) is 36.1 Å². The van der Waals surface area contributed by atoms with Crippen molar-refractivity contribution in [3.63, 3.8) is 0 Å². The second kappa shape index (κ2) is 6.54. The van der Waals surface area contributed by atoms with Crippen molar-refractivity contribution < 1.29 is 4.79 Å². The zero-order valence-corrected chi connectivity index (χ0v) is 13.2. The van der Waals surface area contributed by atoms with Crippen LogP contribution in [0.5, 0.6) is 0 Å². The van der Waals surface area contributed by atoms with Gasteiger partial charge in [-0.2, -0.15) is 0 Å². The molecule has 3 N–H and O–H groups in total. The summed E-state index contributed by atoms with van der Waals surface area (Å²) in [7, 11) is 3.80. The molecule has 0 unspecified atom stereocenters. The van der Waals surface area contributed by atoms with Crippen molar-refractivity contribution in [1.82, 2.24) is 0 Å². The number of hydrogen-bond donors (Lipinski definition) is 2. The highest BCUT2D eigenvalue weighted by molar-refractivity contribution is 7.98. The van der Waals surface area contributed by atoms with Crippen molar-refractivity contribution >= 4 is 34.7 Å². The van der Waals surface area contributed by atoms with Crippen molar-refractivity contribution in [2.24, 2.45) is 0 Å². The lowest BCUT2D eigenvalue weighted by Crippen LogP contribution is -2.18. The summed E-state index contributed by atoms with van der Waals surface area (Å²) in [6.07, 6.45) is 2.02. The third-order valence-electron chi connectivity index (χ3n) is 3.09. The zero-order valence-electron chi connectivity index (χ0n) is 12.4. The van der Waals surface area contributed by atoms with E-state index >= 15 is 0 Å². The van der Waals surface area contributed by atoms with Gasteiger partial charge in [-0.3, -0.25) is 4.79 Å². The van der Waals surface area contributed by atoms with Gasteiger partial charge >= 0.3 is 0 Å². The predicted octanol–water partition coefficient (Wildman–Crippen LogP) is 3.31. The first-order valence-corrected chi connectivity index (χ1v) is 7.76. The highest BCUT2D eigenvalue weighted by Gasteiger charge is 2.13. The molecule has 110 valence electrons. The van der Waals surface area contributed by atoms with Crippen LogP contribution in [0.15, 0.2) is 47.4 Å². The number of anilines is 3. The van der Waals surface area contributed by atoms with E-state index in [-0.39, 0.29) is 5.91 Å². The summed E-state index contributed by atoms with van der Waals surface area (Å²) in [5.74, 6) is -0.164. The molecule has 0 saturated heterocycles. The summed E-state index contributed by atoms with van der Waals surface area (Å²) in [6.45, 7) is 0. The Morgan fingerprint density at radius 1 is 1.14 bits per heavy atom. The van der Waals surface area contributed by atoms with Gasteiger partial charge in [0.2, 0.25) is 0 Å². The number of carbonyl (C=O) groups is 1. The van der Waals surface area contributed by atoms with Crippen LogP contribution in [0.1, 0.15) is 10.4 Å². The first-order valence-electron chi connectivity index (χ1n) is 6.53. The molecule has 0 aromatic heterocycles. The van der Waals surface area contributed by atoms with Crippen LogP contribution in [0.2, 0.25) is 0 Å². The summed E-state index contributed by atoms with van der Waals surface area (Å²) in [5.41, 5.74) is 8.54. The third kappa shape index (κ3) is 3.70. The third-order valence-corrected chi connectivity index (χ3v) is 3.84. The van der Waals surface area contributed by atoms with Crippen LogP contribution in [-0.4, -0.2) is 26.3 Å². The van der Waals surface area contributed by atoms with Gasteiger partial charge in [-0.25, -0.2) is 0 Å². The molecule has 0 atom stereocenters. The van der Waals surface area contributed by atoms with E-state index in [2.05, 4.69) is 5.32 Å². The summed E-state index contributed by atoms with van der Waals surface area (Å²) in [5, 5.41) is 2.90. The van der Waals surface area contributed by atoms with Crippen LogP contribution in [0.4, 0.5) is 17.1 Å². The number of nitrogens with one attached hydrogen (secondary N) is 1. The fourth-order valence-electron chi connectivity index (χ4n) is 2.00. The van der Waals surface area contributed by atoms with Gasteiger partial charge in [0.05, 0.1) is 5.56 Å². The molecule has 1 amide bonds. The van der Waals surface area contributed by atoms with Crippen molar-refractivity contribution in [3.05, 3.63) is 48.0 Å². The van der Waals surface area contributed by atoms with Crippen molar-refractivity contribution in [3.8, 4) is 0 Å². The molecular formula is C16H19N3OS. The van der Waals surface area contributed by atoms with Crippen LogP contribution >= 0.6 is 11.8 Å². The number of nitrogens with zero attached hydrogens (tertiary/aromatic N) is 1. The second-order valence-electron chi connectivity index (χ2n) is 4.85. The molecule has 0 bridgehead atoms. The van der Waals surface area contributed by atoms with Crippen molar-refractivity contribution in [2.45, 2.75) is 4.90 Å². The molecule has 2 aromatic rings. The van der Waals surface area contributed by atoms with Crippen LogP contribution in [0.3, 0.4) is 0 Å². The molecule has 0 fully saturated rings. The minimum Gasteiger partial charge on any atom is -0.399 e. The molecule has 4 nitrogen and oxygen atoms in total. The fourth-order valence-corrected chi connectivity index (χ4v) is 2.41. The Morgan fingerprint density at radius 3 is 2.38 bits per heavy atom. The lowest BCUT2D eigenvalue weighted by Gasteiger charge is -2.17. The Kier molecular flexibility index (Phi) is 4.75. The molecule has 0 heterocycles. The Morgan fingerprint density at radius 2 is 1.81 bits per heavy atom. The topological polar surface area (TPSA) is 58.4 Å². The highest BCUT2D eigenvalue weighted by atomic mass is 32.2. The summed E-state index contributed by atoms with van der Waals surface area (Å²) in [4.78, 5) is 15.5. The van der Waals surface area contributed by atoms with Gasteiger partial charge in [0.1, 0.15) is 0 Å². The van der Waals surface area contributed by atoms with E-state index < -0.39 is 0 Å². The molecule has 21 heavy (non-hydrogen) atoms. The Bertz CT molecular complexity index is 638. The van der Waals surface area contributed by atoms with Crippen LogP contribution in [0, 0.1) is 0 Å². The Labute approximate surface area is 129 Å². The molecule has 0 saturated carbocycles. The summed E-state index contributed by atoms with van der Waals surface area (Å²) < 4.78 is 0. The molecule has 0 radical (unpaired) electrons. The molecule has 0 aliphatic rings. The van der Waals surface area contributed by atoms with E-state index in [1.807, 2.05) is 55.6 Å². The molecule has 0 spiro atoms. The van der Waals surface area contributed by atoms with Gasteiger partial charge in [-0.15, -0.1) is 11.8 Å². The number of benzene rings is 2. The van der Waals surface area contributed by atoms with Gasteiger partial charge in [-0.05, 0) is 48.7 Å². The lowest BCUT2D eigenvalue weighted by atomic mass is 10.1. The number of amides is 1. The van der Waals surface area contributed by atoms with E-state index in [0.29, 0.717) is 11.3 Å². The van der Waals surface area contributed by atoms with E-state index in [9.17, 15) is 4.79 Å². The zero-order chi connectivity index (χ0) is 15.4. The molecule has 5 heteroatoms. The van der Waals surface area contributed by atoms with E-state index in [1.54, 1.807) is 23.9 Å². The van der Waals surface area contributed by atoms with Crippen molar-refractivity contribution in [2.75, 3.05) is 36.3 Å². The molecule has 2 rings (SSSR count). The van der Waals surface area contributed by atoms with Gasteiger partial charge in [0.15, 0.2) is 0 Å². The normalized spacial score (nSPS) is 10.2. The molecule has 0 aliphatic heterocycles. The maximum absolute atomic E-state index is 12.4. The second-order valence-corrected chi connectivity index (χ2v) is 5.73. The number of thioether (sulfide) groups is 1. The largest absolute Gasteiger partial charge is 0.399 e. The summed E-state index contributed by atoms with van der Waals surface area (Å²) in [6, 6.07) is 13.1. The average Bonchev–Trinajstić information content (AvgIpc) is 2.47. The number of carbonyl (C=O) groups excluding carboxylic acids is 1. The number of nitrogen functional groups attached to an aromatic ring is 1. The maximum atomic E-state index is 12.4. The fraction of sp³-hybridized carbons (Fsp3) is 0.188. The van der Waals surface area contributed by atoms with E-state index in [4.69, 9.17) is 5.73 Å². The van der Waals surface area contributed by atoms with Crippen molar-refractivity contribution in [1.29, 1.82) is 0 Å². The number of rotatable bonds is 4. The molecule has 2 aromatic carbocycles. The average molecular weight is 301 g/mol. The molecular weight excluding hydrogens is 282 g/mol. The smallest absolute Gasteiger partial charge is 0.257 e.